The van der Waals surface area contributed by atoms with E-state index in [1.165, 1.54) is 6.07 Å². The Hall–Kier alpha value is -2.44. The number of benzene rings is 1. The minimum absolute atomic E-state index is 0.00414. The van der Waals surface area contributed by atoms with Crippen LogP contribution in [0.1, 0.15) is 31.9 Å². The first-order valence-corrected chi connectivity index (χ1v) is 8.15. The summed E-state index contributed by atoms with van der Waals surface area (Å²) in [7, 11) is 0. The van der Waals surface area contributed by atoms with Gasteiger partial charge in [0.05, 0.1) is 6.20 Å². The molecule has 3 rings (SSSR count). The van der Waals surface area contributed by atoms with Crippen LogP contribution in [0.4, 0.5) is 4.39 Å². The number of nitrogens with zero attached hydrogens (tertiary/aromatic N) is 3. The fourth-order valence-electron chi connectivity index (χ4n) is 3.15. The van der Waals surface area contributed by atoms with E-state index in [9.17, 15) is 9.18 Å². The monoisotopic (exact) mass is 332 g/mol. The summed E-state index contributed by atoms with van der Waals surface area (Å²) in [5.41, 5.74) is 0.646. The van der Waals surface area contributed by atoms with Crippen LogP contribution in [-0.4, -0.2) is 26.9 Å². The van der Waals surface area contributed by atoms with Gasteiger partial charge in [-0.3, -0.25) is 9.48 Å². The molecule has 0 aliphatic heterocycles. The van der Waals surface area contributed by atoms with Crippen LogP contribution in [0.15, 0.2) is 30.5 Å². The standard InChI is InChI=1S/C17H21FN4O2/c1-12(23)19-16-7-4-5-13(16)9-22-10-14(20-21-22)11-24-17-8-3-2-6-15(17)18/h2-3,6,8,10,13,16H,4-5,7,9,11H2,1H3,(H,19,23)/t13-,16-/m1/s1. The van der Waals surface area contributed by atoms with Crippen LogP contribution in [-0.2, 0) is 17.9 Å². The topological polar surface area (TPSA) is 69.0 Å². The Morgan fingerprint density at radius 3 is 3.04 bits per heavy atom. The summed E-state index contributed by atoms with van der Waals surface area (Å²) >= 11 is 0. The summed E-state index contributed by atoms with van der Waals surface area (Å²) < 4.78 is 20.7. The lowest BCUT2D eigenvalue weighted by Crippen LogP contribution is -2.37. The van der Waals surface area contributed by atoms with Gasteiger partial charge >= 0.3 is 0 Å². The van der Waals surface area contributed by atoms with Crippen molar-refractivity contribution in [1.29, 1.82) is 0 Å². The number of hydrogen-bond donors (Lipinski definition) is 1. The molecule has 1 N–H and O–H groups in total. The Morgan fingerprint density at radius 1 is 1.42 bits per heavy atom. The second kappa shape index (κ2) is 7.42. The van der Waals surface area contributed by atoms with Gasteiger partial charge in [0, 0.05) is 19.5 Å². The first-order valence-electron chi connectivity index (χ1n) is 8.15. The van der Waals surface area contributed by atoms with Crippen molar-refractivity contribution in [2.45, 2.75) is 45.4 Å². The molecule has 1 aromatic carbocycles. The van der Waals surface area contributed by atoms with Crippen LogP contribution >= 0.6 is 0 Å². The van der Waals surface area contributed by atoms with Crippen molar-refractivity contribution in [3.8, 4) is 5.75 Å². The molecule has 0 spiro atoms. The Labute approximate surface area is 140 Å². The van der Waals surface area contributed by atoms with Crippen LogP contribution in [0.3, 0.4) is 0 Å². The van der Waals surface area contributed by atoms with E-state index in [0.29, 0.717) is 18.2 Å². The lowest BCUT2D eigenvalue weighted by molar-refractivity contribution is -0.119. The highest BCUT2D eigenvalue weighted by atomic mass is 19.1. The second-order valence-electron chi connectivity index (χ2n) is 6.15. The number of para-hydroxylation sites is 1. The van der Waals surface area contributed by atoms with Gasteiger partial charge in [0.15, 0.2) is 11.6 Å². The first-order chi connectivity index (χ1) is 11.6. The van der Waals surface area contributed by atoms with Crippen molar-refractivity contribution in [2.75, 3.05) is 0 Å². The van der Waals surface area contributed by atoms with Crippen molar-refractivity contribution >= 4 is 5.91 Å². The molecule has 0 saturated heterocycles. The minimum Gasteiger partial charge on any atom is -0.484 e. The van der Waals surface area contributed by atoms with Gasteiger partial charge < -0.3 is 10.1 Å². The van der Waals surface area contributed by atoms with Crippen molar-refractivity contribution in [2.24, 2.45) is 5.92 Å². The van der Waals surface area contributed by atoms with E-state index in [1.807, 2.05) is 6.20 Å². The second-order valence-corrected chi connectivity index (χ2v) is 6.15. The fraction of sp³-hybridized carbons (Fsp3) is 0.471. The molecule has 2 atom stereocenters. The van der Waals surface area contributed by atoms with Crippen LogP contribution < -0.4 is 10.1 Å². The summed E-state index contributed by atoms with van der Waals surface area (Å²) in [4.78, 5) is 11.3. The number of ether oxygens (including phenoxy) is 1. The lowest BCUT2D eigenvalue weighted by Gasteiger charge is -2.19. The zero-order valence-electron chi connectivity index (χ0n) is 13.6. The zero-order chi connectivity index (χ0) is 16.9. The average molecular weight is 332 g/mol. The van der Waals surface area contributed by atoms with Gasteiger partial charge in [-0.2, -0.15) is 0 Å². The summed E-state index contributed by atoms with van der Waals surface area (Å²) in [6.45, 7) is 2.42. The van der Waals surface area contributed by atoms with E-state index < -0.39 is 5.82 Å². The SMILES string of the molecule is CC(=O)N[C@@H]1CCC[C@@H]1Cn1cc(COc2ccccc2F)nn1. The van der Waals surface area contributed by atoms with Crippen LogP contribution in [0, 0.1) is 11.7 Å². The summed E-state index contributed by atoms with van der Waals surface area (Å²) in [5.74, 6) is 0.169. The molecule has 0 unspecified atom stereocenters. The average Bonchev–Trinajstić information content (AvgIpc) is 3.16. The summed E-state index contributed by atoms with van der Waals surface area (Å²) in [6.07, 6.45) is 4.98. The first kappa shape index (κ1) is 16.4. The predicted octanol–water partition coefficient (Wildman–Crippen LogP) is 2.30. The van der Waals surface area contributed by atoms with Gasteiger partial charge in [-0.15, -0.1) is 5.10 Å². The number of rotatable bonds is 6. The number of carbonyl (C=O) groups excluding carboxylic acids is 1. The summed E-state index contributed by atoms with van der Waals surface area (Å²) in [6, 6.07) is 6.47. The maximum Gasteiger partial charge on any atom is 0.217 e. The van der Waals surface area contributed by atoms with Crippen LogP contribution in [0.2, 0.25) is 0 Å². The van der Waals surface area contributed by atoms with Gasteiger partial charge in [0.1, 0.15) is 12.3 Å². The number of carbonyl (C=O) groups is 1. The molecular formula is C17H21FN4O2. The van der Waals surface area contributed by atoms with E-state index in [2.05, 4.69) is 15.6 Å². The molecule has 1 saturated carbocycles. The van der Waals surface area contributed by atoms with Crippen molar-refractivity contribution < 1.29 is 13.9 Å². The van der Waals surface area contributed by atoms with Crippen LogP contribution in [0.5, 0.6) is 5.75 Å². The highest BCUT2D eigenvalue weighted by Crippen LogP contribution is 2.27. The van der Waals surface area contributed by atoms with Gasteiger partial charge in [-0.1, -0.05) is 23.8 Å². The molecule has 128 valence electrons. The zero-order valence-corrected chi connectivity index (χ0v) is 13.6. The Kier molecular flexibility index (Phi) is 5.08. The van der Waals surface area contributed by atoms with Gasteiger partial charge in [0.2, 0.25) is 5.91 Å². The van der Waals surface area contributed by atoms with E-state index >= 15 is 0 Å². The number of halogens is 1. The molecule has 0 radical (unpaired) electrons. The molecule has 2 aromatic rings. The smallest absolute Gasteiger partial charge is 0.217 e. The van der Waals surface area contributed by atoms with Crippen molar-refractivity contribution in [1.82, 2.24) is 20.3 Å². The van der Waals surface area contributed by atoms with E-state index in [1.54, 1.807) is 29.8 Å². The Morgan fingerprint density at radius 2 is 2.25 bits per heavy atom. The predicted molar refractivity (Wildman–Crippen MR) is 85.7 cm³/mol. The van der Waals surface area contributed by atoms with Crippen molar-refractivity contribution in [3.63, 3.8) is 0 Å². The summed E-state index contributed by atoms with van der Waals surface area (Å²) in [5, 5.41) is 11.2. The molecule has 1 aromatic heterocycles. The number of hydrogen-bond acceptors (Lipinski definition) is 4. The maximum absolute atomic E-state index is 13.5. The molecule has 0 bridgehead atoms. The molecule has 1 aliphatic rings. The Balaban J connectivity index is 1.55. The largest absolute Gasteiger partial charge is 0.484 e. The maximum atomic E-state index is 13.5. The fourth-order valence-corrected chi connectivity index (χ4v) is 3.15. The van der Waals surface area contributed by atoms with Crippen LogP contribution in [0.25, 0.3) is 0 Å². The van der Waals surface area contributed by atoms with Crippen molar-refractivity contribution in [3.05, 3.63) is 42.0 Å². The van der Waals surface area contributed by atoms with E-state index in [4.69, 9.17) is 4.74 Å². The molecule has 1 fully saturated rings. The molecular weight excluding hydrogens is 311 g/mol. The number of nitrogens with one attached hydrogen (secondary N) is 1. The third-order valence-electron chi connectivity index (χ3n) is 4.27. The highest BCUT2D eigenvalue weighted by molar-refractivity contribution is 5.73. The molecule has 1 amide bonds. The molecule has 1 aliphatic carbocycles. The molecule has 1 heterocycles. The van der Waals surface area contributed by atoms with Gasteiger partial charge in [-0.25, -0.2) is 4.39 Å². The third-order valence-corrected chi connectivity index (χ3v) is 4.27. The van der Waals surface area contributed by atoms with E-state index in [-0.39, 0.29) is 24.3 Å². The van der Waals surface area contributed by atoms with Gasteiger partial charge in [-0.05, 0) is 30.9 Å². The van der Waals surface area contributed by atoms with Gasteiger partial charge in [0.25, 0.3) is 0 Å². The third kappa shape index (κ3) is 4.10. The number of aromatic nitrogens is 3. The molecule has 24 heavy (non-hydrogen) atoms. The molecule has 7 heteroatoms. The van der Waals surface area contributed by atoms with E-state index in [0.717, 1.165) is 19.3 Å². The Bertz CT molecular complexity index is 703. The highest BCUT2D eigenvalue weighted by Gasteiger charge is 2.28. The molecule has 6 nitrogen and oxygen atoms in total. The lowest BCUT2D eigenvalue weighted by atomic mass is 10.0. The normalized spacial score (nSPS) is 20.1. The quantitative estimate of drug-likeness (QED) is 0.881. The number of amides is 1. The minimum atomic E-state index is -0.394.